The van der Waals surface area contributed by atoms with E-state index in [4.69, 9.17) is 13.6 Å². The molecule has 0 radical (unpaired) electrons. The minimum absolute atomic E-state index is 0.252. The van der Waals surface area contributed by atoms with Gasteiger partial charge in [0.2, 0.25) is 0 Å². The second kappa shape index (κ2) is 14.6. The maximum absolute atomic E-state index is 13.6. The Hall–Kier alpha value is -4.90. The molecule has 280 valence electrons. The van der Waals surface area contributed by atoms with Crippen molar-refractivity contribution in [3.05, 3.63) is 155 Å². The highest BCUT2D eigenvalue weighted by molar-refractivity contribution is 9.10. The van der Waals surface area contributed by atoms with Gasteiger partial charge in [-0.3, -0.25) is 0 Å². The lowest BCUT2D eigenvalue weighted by molar-refractivity contribution is 0.0603. The molecule has 6 aromatic carbocycles. The minimum atomic E-state index is -3.04. The first-order valence-corrected chi connectivity index (χ1v) is 23.3. The zero-order valence-corrected chi connectivity index (χ0v) is 36.4. The van der Waals surface area contributed by atoms with Crippen LogP contribution >= 0.6 is 15.9 Å². The molecule has 1 N–H and O–H groups in total. The van der Waals surface area contributed by atoms with E-state index in [0.717, 1.165) is 48.0 Å². The summed E-state index contributed by atoms with van der Waals surface area (Å²) >= 11 is 4.01. The van der Waals surface area contributed by atoms with E-state index in [1.165, 1.54) is 17.5 Å². The molecule has 0 aliphatic heterocycles. The van der Waals surface area contributed by atoms with E-state index < -0.39 is 22.6 Å². The molecular weight excluding hydrogens is 779 g/mol. The number of hydrogen-bond acceptors (Lipinski definition) is 4. The van der Waals surface area contributed by atoms with Gasteiger partial charge < -0.3 is 18.6 Å². The standard InChI is InChI=1S/C47H48BrNO4Si2/c1-32-40(53-55(47(5,6)7,35-25-17-11-18-26-35)36-27-19-12-20-28-36)31-38-41-37(45(50)51-8)29-30-39(44(41)49-43(38)42(32)48)52-54(46(2,3)4,33-21-13-9-14-22-33)34-23-15-10-16-24-34/h9-31,49H,1-8H3. The summed E-state index contributed by atoms with van der Waals surface area (Å²) in [5.74, 6) is 1.00. The van der Waals surface area contributed by atoms with Gasteiger partial charge in [-0.15, -0.1) is 0 Å². The fourth-order valence-electron chi connectivity index (χ4n) is 8.26. The number of rotatable bonds is 9. The molecular formula is C47H48BrNO4Si2. The number of carbonyl (C=O) groups excluding carboxylic acids is 1. The highest BCUT2D eigenvalue weighted by Gasteiger charge is 2.53. The van der Waals surface area contributed by atoms with Gasteiger partial charge in [0.15, 0.2) is 0 Å². The van der Waals surface area contributed by atoms with Gasteiger partial charge in [0.25, 0.3) is 0 Å². The summed E-state index contributed by atoms with van der Waals surface area (Å²) in [5.41, 5.74) is 2.99. The van der Waals surface area contributed by atoms with Gasteiger partial charge in [-0.1, -0.05) is 163 Å². The number of fused-ring (bicyclic) bond motifs is 3. The Bertz CT molecular complexity index is 2390. The van der Waals surface area contributed by atoms with Crippen LogP contribution in [0.25, 0.3) is 21.8 Å². The van der Waals surface area contributed by atoms with E-state index in [2.05, 4.69) is 185 Å². The van der Waals surface area contributed by atoms with Crippen LogP contribution in [-0.2, 0) is 4.74 Å². The number of benzene rings is 6. The van der Waals surface area contributed by atoms with Gasteiger partial charge in [-0.2, -0.15) is 0 Å². The van der Waals surface area contributed by atoms with Gasteiger partial charge in [0, 0.05) is 20.8 Å². The van der Waals surface area contributed by atoms with E-state index in [0.29, 0.717) is 11.3 Å². The van der Waals surface area contributed by atoms with Crippen LogP contribution in [0.3, 0.4) is 0 Å². The number of carbonyl (C=O) groups is 1. The molecule has 1 heterocycles. The number of halogens is 1. The average Bonchev–Trinajstić information content (AvgIpc) is 3.58. The summed E-state index contributed by atoms with van der Waals surface area (Å²) < 4.78 is 21.5. The first-order valence-electron chi connectivity index (χ1n) is 18.7. The lowest BCUT2D eigenvalue weighted by Gasteiger charge is -2.43. The van der Waals surface area contributed by atoms with Crippen LogP contribution in [0, 0.1) is 6.92 Å². The highest BCUT2D eigenvalue weighted by Crippen LogP contribution is 2.46. The number of methoxy groups -OCH3 is 1. The average molecular weight is 827 g/mol. The maximum Gasteiger partial charge on any atom is 0.338 e. The Balaban J connectivity index is 1.52. The molecule has 0 saturated carbocycles. The number of aromatic nitrogens is 1. The number of esters is 1. The molecule has 0 spiro atoms. The summed E-state index contributed by atoms with van der Waals surface area (Å²) in [6.45, 7) is 15.7. The Morgan fingerprint density at radius 1 is 0.582 bits per heavy atom. The van der Waals surface area contributed by atoms with E-state index in [-0.39, 0.29) is 10.1 Å². The normalized spacial score (nSPS) is 12.5. The third-order valence-corrected chi connectivity index (χ3v) is 21.8. The molecule has 0 saturated heterocycles. The molecule has 0 amide bonds. The van der Waals surface area contributed by atoms with Crippen molar-refractivity contribution in [3.8, 4) is 11.5 Å². The predicted octanol–water partition coefficient (Wildman–Crippen LogP) is 10.1. The fourth-order valence-corrected chi connectivity index (χ4v) is 17.7. The summed E-state index contributed by atoms with van der Waals surface area (Å²) in [6.07, 6.45) is 0. The fraction of sp³-hybridized carbons (Fsp3) is 0.213. The molecule has 5 nitrogen and oxygen atoms in total. The smallest absolute Gasteiger partial charge is 0.338 e. The third-order valence-electron chi connectivity index (χ3n) is 10.9. The van der Waals surface area contributed by atoms with Gasteiger partial charge in [0.05, 0.1) is 23.7 Å². The molecule has 1 aromatic heterocycles. The monoisotopic (exact) mass is 825 g/mol. The van der Waals surface area contributed by atoms with E-state index in [1.54, 1.807) is 0 Å². The van der Waals surface area contributed by atoms with Crippen LogP contribution in [0.15, 0.2) is 144 Å². The lowest BCUT2D eigenvalue weighted by atomic mass is 10.0. The first kappa shape index (κ1) is 38.4. The maximum atomic E-state index is 13.6. The van der Waals surface area contributed by atoms with Crippen molar-refractivity contribution in [2.75, 3.05) is 7.11 Å². The quantitative estimate of drug-likeness (QED) is 0.116. The molecule has 8 heteroatoms. The van der Waals surface area contributed by atoms with Crippen molar-refractivity contribution in [1.82, 2.24) is 4.98 Å². The van der Waals surface area contributed by atoms with Crippen molar-refractivity contribution in [3.63, 3.8) is 0 Å². The molecule has 55 heavy (non-hydrogen) atoms. The number of H-pyrrole nitrogens is 1. The van der Waals surface area contributed by atoms with Crippen LogP contribution < -0.4 is 29.6 Å². The van der Waals surface area contributed by atoms with E-state index in [1.807, 2.05) is 24.3 Å². The van der Waals surface area contributed by atoms with Crippen molar-refractivity contribution in [2.45, 2.75) is 58.5 Å². The molecule has 0 aliphatic rings. The number of nitrogens with one attached hydrogen (secondary N) is 1. The summed E-state index contributed by atoms with van der Waals surface area (Å²) in [7, 11) is -4.62. The van der Waals surface area contributed by atoms with Crippen molar-refractivity contribution in [1.29, 1.82) is 0 Å². The molecule has 7 aromatic rings. The largest absolute Gasteiger partial charge is 0.534 e. The van der Waals surface area contributed by atoms with Crippen molar-refractivity contribution >= 4 is 81.1 Å². The van der Waals surface area contributed by atoms with Crippen molar-refractivity contribution < 1.29 is 18.4 Å². The van der Waals surface area contributed by atoms with Crippen molar-refractivity contribution in [2.24, 2.45) is 0 Å². The second-order valence-electron chi connectivity index (χ2n) is 16.2. The number of hydrogen-bond donors (Lipinski definition) is 1. The van der Waals surface area contributed by atoms with Crippen LogP contribution in [0.4, 0.5) is 0 Å². The van der Waals surface area contributed by atoms with Gasteiger partial charge in [-0.25, -0.2) is 4.79 Å². The Kier molecular flexibility index (Phi) is 10.2. The van der Waals surface area contributed by atoms with Gasteiger partial charge in [0.1, 0.15) is 11.5 Å². The zero-order chi connectivity index (χ0) is 39.2. The second-order valence-corrected chi connectivity index (χ2v) is 25.5. The Morgan fingerprint density at radius 3 is 1.36 bits per heavy atom. The van der Waals surface area contributed by atoms with E-state index >= 15 is 0 Å². The zero-order valence-electron chi connectivity index (χ0n) is 32.8. The lowest BCUT2D eigenvalue weighted by Crippen LogP contribution is -2.68. The molecule has 0 atom stereocenters. The van der Waals surface area contributed by atoms with Gasteiger partial charge >= 0.3 is 22.6 Å². The van der Waals surface area contributed by atoms with E-state index in [9.17, 15) is 4.79 Å². The first-order chi connectivity index (χ1) is 26.2. The summed E-state index contributed by atoms with van der Waals surface area (Å²) in [4.78, 5) is 17.4. The SMILES string of the molecule is COC(=O)c1ccc(O[Si](c2ccccc2)(c2ccccc2)C(C)(C)C)c2[nH]c3c(Br)c(C)c(O[Si](c4ccccc4)(c4ccccc4)C(C)(C)C)cc3c12. The topological polar surface area (TPSA) is 60.5 Å². The third kappa shape index (κ3) is 6.44. The molecule has 0 bridgehead atoms. The Morgan fingerprint density at radius 2 is 0.982 bits per heavy atom. The highest BCUT2D eigenvalue weighted by atomic mass is 79.9. The molecule has 7 rings (SSSR count). The van der Waals surface area contributed by atoms with Crippen LogP contribution in [-0.4, -0.2) is 34.7 Å². The molecule has 0 fully saturated rings. The predicted molar refractivity (Wildman–Crippen MR) is 236 cm³/mol. The van der Waals surface area contributed by atoms with Crippen LogP contribution in [0.5, 0.6) is 11.5 Å². The molecule has 0 aliphatic carbocycles. The number of ether oxygens (including phenoxy) is 1. The molecule has 0 unspecified atom stereocenters. The van der Waals surface area contributed by atoms with Crippen LogP contribution in [0.1, 0.15) is 57.5 Å². The Labute approximate surface area is 335 Å². The van der Waals surface area contributed by atoms with Crippen LogP contribution in [0.2, 0.25) is 10.1 Å². The summed E-state index contributed by atoms with van der Waals surface area (Å²) in [6, 6.07) is 48.3. The van der Waals surface area contributed by atoms with Gasteiger partial charge in [-0.05, 0) is 71.9 Å². The number of aromatic amines is 1. The minimum Gasteiger partial charge on any atom is -0.534 e. The summed E-state index contributed by atoms with van der Waals surface area (Å²) in [5, 5.41) is 5.72.